The van der Waals surface area contributed by atoms with Crippen molar-refractivity contribution in [1.82, 2.24) is 0 Å². The Balaban J connectivity index is 1.47. The largest absolute Gasteiger partial charge is 0.507 e. The predicted molar refractivity (Wildman–Crippen MR) is 129 cm³/mol. The molecule has 5 atom stereocenters. The van der Waals surface area contributed by atoms with Crippen molar-refractivity contribution in [1.29, 1.82) is 0 Å². The normalized spacial score (nSPS) is 22.7. The van der Waals surface area contributed by atoms with Crippen LogP contribution < -0.4 is 4.74 Å². The number of phenolic OH excluding ortho intramolecular Hbond substituents is 5. The third-order valence-electron chi connectivity index (χ3n) is 5.94. The summed E-state index contributed by atoms with van der Waals surface area (Å²) in [6.07, 6.45) is -8.55. The molecule has 1 aliphatic rings. The van der Waals surface area contributed by atoms with Crippen molar-refractivity contribution in [3.63, 3.8) is 0 Å². The number of benzene rings is 3. The molecule has 3 aromatic rings. The molecule has 0 saturated carbocycles. The minimum Gasteiger partial charge on any atom is -0.507 e. The molecule has 0 aliphatic carbocycles. The van der Waals surface area contributed by atoms with Gasteiger partial charge in [-0.3, -0.25) is 4.79 Å². The van der Waals surface area contributed by atoms with Gasteiger partial charge in [-0.1, -0.05) is 30.3 Å². The van der Waals surface area contributed by atoms with Gasteiger partial charge in [0.2, 0.25) is 12.1 Å². The van der Waals surface area contributed by atoms with Crippen LogP contribution in [-0.2, 0) is 9.47 Å². The minimum atomic E-state index is -1.84. The highest BCUT2D eigenvalue weighted by molar-refractivity contribution is 6.12. The van der Waals surface area contributed by atoms with E-state index in [9.17, 15) is 50.4 Å². The van der Waals surface area contributed by atoms with Crippen LogP contribution in [0.5, 0.6) is 34.5 Å². The van der Waals surface area contributed by atoms with Crippen LogP contribution in [-0.4, -0.2) is 89.9 Å². The van der Waals surface area contributed by atoms with E-state index in [1.54, 1.807) is 18.2 Å². The number of aliphatic hydroxyl groups excluding tert-OH is 3. The van der Waals surface area contributed by atoms with Crippen LogP contribution in [0.1, 0.15) is 26.3 Å². The summed E-state index contributed by atoms with van der Waals surface area (Å²) in [5.41, 5.74) is -0.544. The van der Waals surface area contributed by atoms with Gasteiger partial charge in [0.1, 0.15) is 53.8 Å². The number of carbonyl (C=O) groups is 2. The van der Waals surface area contributed by atoms with E-state index >= 15 is 0 Å². The van der Waals surface area contributed by atoms with E-state index in [1.807, 2.05) is 0 Å². The summed E-state index contributed by atoms with van der Waals surface area (Å²) in [6.45, 7) is -0.687. The average molecular weight is 544 g/mol. The maximum atomic E-state index is 12.7. The lowest BCUT2D eigenvalue weighted by atomic mass is 9.99. The molecule has 0 spiro atoms. The lowest BCUT2D eigenvalue weighted by Crippen LogP contribution is -2.60. The highest BCUT2D eigenvalue weighted by Gasteiger charge is 2.45. The van der Waals surface area contributed by atoms with E-state index in [1.165, 1.54) is 12.1 Å². The maximum absolute atomic E-state index is 12.7. The van der Waals surface area contributed by atoms with E-state index in [0.717, 1.165) is 24.3 Å². The maximum Gasteiger partial charge on any atom is 0.338 e. The van der Waals surface area contributed by atoms with Crippen molar-refractivity contribution in [3.8, 4) is 34.5 Å². The predicted octanol–water partition coefficient (Wildman–Crippen LogP) is 0.489. The number of ketones is 1. The molecule has 1 aliphatic heterocycles. The topological polar surface area (TPSA) is 224 Å². The molecule has 0 amide bonds. The number of carbonyl (C=O) groups excluding carboxylic acids is 2. The van der Waals surface area contributed by atoms with Crippen molar-refractivity contribution >= 4 is 11.8 Å². The van der Waals surface area contributed by atoms with Crippen molar-refractivity contribution in [2.75, 3.05) is 6.61 Å². The first kappa shape index (κ1) is 27.5. The summed E-state index contributed by atoms with van der Waals surface area (Å²) in [7, 11) is 0. The Morgan fingerprint density at radius 3 is 1.92 bits per heavy atom. The minimum absolute atomic E-state index is 0.204. The second-order valence-electron chi connectivity index (χ2n) is 8.63. The second kappa shape index (κ2) is 11.0. The van der Waals surface area contributed by atoms with E-state index < -0.39 is 83.4 Å². The standard InChI is InChI=1S/C26H24O13/c27-14-8-13(9-15(28)19(14)20(31)11-4-2-1-3-5-11)38-26-24(35)23(34)22(33)18(39-26)10-37-25(36)12-6-16(29)21(32)17(30)7-12/h1-9,18,22-24,26-30,32-35H,10H2/t18-,22-,23+,24-,26-/m1/s1. The molecule has 1 heterocycles. The lowest BCUT2D eigenvalue weighted by Gasteiger charge is -2.39. The van der Waals surface area contributed by atoms with E-state index in [0.29, 0.717) is 0 Å². The summed E-state index contributed by atoms with van der Waals surface area (Å²) >= 11 is 0. The number of rotatable bonds is 7. The molecule has 1 saturated heterocycles. The number of aliphatic hydroxyl groups is 3. The molecule has 13 nitrogen and oxygen atoms in total. The Bertz CT molecular complexity index is 1330. The molecule has 13 heteroatoms. The molecule has 0 aromatic heterocycles. The summed E-state index contributed by atoms with van der Waals surface area (Å²) in [5.74, 6) is -5.73. The van der Waals surface area contributed by atoms with Gasteiger partial charge in [-0.25, -0.2) is 4.79 Å². The van der Waals surface area contributed by atoms with Gasteiger partial charge in [0, 0.05) is 17.7 Å². The van der Waals surface area contributed by atoms with Gasteiger partial charge in [-0.05, 0) is 12.1 Å². The quantitative estimate of drug-likeness (QED) is 0.115. The molecule has 0 unspecified atom stereocenters. The van der Waals surface area contributed by atoms with Gasteiger partial charge in [-0.2, -0.15) is 0 Å². The molecule has 3 aromatic carbocycles. The average Bonchev–Trinajstić information content (AvgIpc) is 2.90. The number of hydrogen-bond donors (Lipinski definition) is 8. The highest BCUT2D eigenvalue weighted by Crippen LogP contribution is 2.37. The van der Waals surface area contributed by atoms with Crippen LogP contribution in [0.3, 0.4) is 0 Å². The third-order valence-corrected chi connectivity index (χ3v) is 5.94. The van der Waals surface area contributed by atoms with Crippen molar-refractivity contribution in [2.24, 2.45) is 0 Å². The molecule has 206 valence electrons. The fourth-order valence-electron chi connectivity index (χ4n) is 3.87. The lowest BCUT2D eigenvalue weighted by molar-refractivity contribution is -0.277. The number of esters is 1. The third kappa shape index (κ3) is 5.66. The Morgan fingerprint density at radius 1 is 0.744 bits per heavy atom. The molecule has 39 heavy (non-hydrogen) atoms. The van der Waals surface area contributed by atoms with Crippen molar-refractivity contribution in [3.05, 3.63) is 71.3 Å². The van der Waals surface area contributed by atoms with Gasteiger partial charge in [0.15, 0.2) is 17.2 Å². The fourth-order valence-corrected chi connectivity index (χ4v) is 3.87. The van der Waals surface area contributed by atoms with Gasteiger partial charge < -0.3 is 55.1 Å². The van der Waals surface area contributed by atoms with Crippen molar-refractivity contribution in [2.45, 2.75) is 30.7 Å². The molecule has 0 bridgehead atoms. The first-order chi connectivity index (χ1) is 18.5. The Kier molecular flexibility index (Phi) is 7.78. The molecular weight excluding hydrogens is 520 g/mol. The Labute approximate surface area is 219 Å². The number of hydrogen-bond acceptors (Lipinski definition) is 13. The van der Waals surface area contributed by atoms with Crippen LogP contribution in [0.2, 0.25) is 0 Å². The Hall–Kier alpha value is -4.56. The summed E-state index contributed by atoms with van der Waals surface area (Å²) in [4.78, 5) is 25.0. The van der Waals surface area contributed by atoms with E-state index in [-0.39, 0.29) is 16.9 Å². The monoisotopic (exact) mass is 544 g/mol. The molecule has 0 radical (unpaired) electrons. The van der Waals surface area contributed by atoms with Gasteiger partial charge in [0.05, 0.1) is 5.56 Å². The zero-order valence-electron chi connectivity index (χ0n) is 19.9. The first-order valence-corrected chi connectivity index (χ1v) is 11.4. The van der Waals surface area contributed by atoms with Crippen LogP contribution in [0.4, 0.5) is 0 Å². The summed E-state index contributed by atoms with van der Waals surface area (Å²) in [6, 6.07) is 11.5. The highest BCUT2D eigenvalue weighted by atomic mass is 16.7. The number of phenols is 5. The van der Waals surface area contributed by atoms with Crippen LogP contribution in [0, 0.1) is 0 Å². The van der Waals surface area contributed by atoms with E-state index in [2.05, 4.69) is 0 Å². The molecule has 8 N–H and O–H groups in total. The number of ether oxygens (including phenoxy) is 3. The zero-order valence-corrected chi connectivity index (χ0v) is 19.9. The molecular formula is C26H24O13. The summed E-state index contributed by atoms with van der Waals surface area (Å²) in [5, 5.41) is 80.2. The Morgan fingerprint density at radius 2 is 1.33 bits per heavy atom. The van der Waals surface area contributed by atoms with Gasteiger partial charge in [0.25, 0.3) is 0 Å². The zero-order chi connectivity index (χ0) is 28.4. The number of aromatic hydroxyl groups is 5. The second-order valence-corrected chi connectivity index (χ2v) is 8.63. The first-order valence-electron chi connectivity index (χ1n) is 11.4. The van der Waals surface area contributed by atoms with Crippen LogP contribution in [0.15, 0.2) is 54.6 Å². The van der Waals surface area contributed by atoms with Gasteiger partial charge >= 0.3 is 5.97 Å². The molecule has 1 fully saturated rings. The van der Waals surface area contributed by atoms with E-state index in [4.69, 9.17) is 14.2 Å². The summed E-state index contributed by atoms with van der Waals surface area (Å²) < 4.78 is 15.9. The molecule has 4 rings (SSSR count). The van der Waals surface area contributed by atoms with Crippen LogP contribution >= 0.6 is 0 Å². The smallest absolute Gasteiger partial charge is 0.338 e. The van der Waals surface area contributed by atoms with Gasteiger partial charge in [-0.15, -0.1) is 0 Å². The van der Waals surface area contributed by atoms with Crippen molar-refractivity contribution < 1.29 is 64.7 Å². The van der Waals surface area contributed by atoms with Crippen LogP contribution in [0.25, 0.3) is 0 Å². The SMILES string of the molecule is O=C(OC[C@H]1O[C@@H](Oc2cc(O)c(C(=O)c3ccccc3)c(O)c2)[C@H](O)[C@@H](O)[C@@H]1O)c1cc(O)c(O)c(O)c1. The fraction of sp³-hybridized carbons (Fsp3) is 0.231.